The van der Waals surface area contributed by atoms with E-state index in [1.54, 1.807) is 0 Å². The van der Waals surface area contributed by atoms with Crippen LogP contribution in [-0.4, -0.2) is 37.7 Å². The molecule has 0 aromatic carbocycles. The van der Waals surface area contributed by atoms with Crippen molar-refractivity contribution in [2.45, 2.75) is 58.5 Å². The van der Waals surface area contributed by atoms with Gasteiger partial charge in [-0.05, 0) is 63.6 Å². The molecule has 2 heteroatoms. The molecule has 0 N–H and O–H groups in total. The predicted octanol–water partition coefficient (Wildman–Crippen LogP) is 3.31. The Kier molecular flexibility index (Phi) is 4.48. The van der Waals surface area contributed by atoms with Gasteiger partial charge in [-0.2, -0.15) is 0 Å². The lowest BCUT2D eigenvalue weighted by molar-refractivity contribution is -0.0345. The fourth-order valence-electron chi connectivity index (χ4n) is 4.16. The molecule has 1 saturated carbocycles. The molecular formula is C15H29NO. The molecule has 2 saturated heterocycles. The number of rotatable bonds is 0. The smallest absolute Gasteiger partial charge is 0.0609 e. The molecule has 3 aliphatic rings. The topological polar surface area (TPSA) is 12.5 Å². The van der Waals surface area contributed by atoms with Gasteiger partial charge >= 0.3 is 0 Å². The fourth-order valence-corrected chi connectivity index (χ4v) is 4.16. The van der Waals surface area contributed by atoms with Crippen molar-refractivity contribution in [1.82, 2.24) is 4.90 Å². The molecule has 2 unspecified atom stereocenters. The lowest BCUT2D eigenvalue weighted by atomic mass is 9.60. The van der Waals surface area contributed by atoms with E-state index in [2.05, 4.69) is 11.9 Å². The molecule has 1 aliphatic carbocycles. The number of likely N-dealkylation sites (tertiary alicyclic amines) is 1. The molecule has 1 spiro atoms. The van der Waals surface area contributed by atoms with Gasteiger partial charge in [0.05, 0.1) is 6.10 Å². The summed E-state index contributed by atoms with van der Waals surface area (Å²) in [5, 5.41) is 0. The summed E-state index contributed by atoms with van der Waals surface area (Å²) in [6, 6.07) is 0. The van der Waals surface area contributed by atoms with Gasteiger partial charge in [-0.1, -0.05) is 20.3 Å². The first kappa shape index (κ1) is 13.4. The number of ether oxygens (including phenoxy) is 1. The van der Waals surface area contributed by atoms with Crippen molar-refractivity contribution in [2.75, 3.05) is 26.7 Å². The molecule has 0 bridgehead atoms. The molecule has 3 fully saturated rings. The minimum absolute atomic E-state index is 0.627. The van der Waals surface area contributed by atoms with E-state index in [-0.39, 0.29) is 0 Å². The lowest BCUT2D eigenvalue weighted by Crippen LogP contribution is -2.47. The summed E-state index contributed by atoms with van der Waals surface area (Å²) in [6.45, 7) is 7.65. The lowest BCUT2D eigenvalue weighted by Gasteiger charge is -2.49. The standard InChI is InChI=1S/C13H23NO.C2H6/c1-14-8-6-13(7-9-14)5-2-3-12-11(13)4-10-15-12;1-2/h11-12H,2-10H2,1H3;1-2H3. The number of piperidine rings is 1. The number of nitrogens with zero attached hydrogens (tertiary/aromatic N) is 1. The molecule has 17 heavy (non-hydrogen) atoms. The van der Waals surface area contributed by atoms with Crippen LogP contribution < -0.4 is 0 Å². The van der Waals surface area contributed by atoms with Gasteiger partial charge in [0.2, 0.25) is 0 Å². The Morgan fingerprint density at radius 2 is 1.76 bits per heavy atom. The Morgan fingerprint density at radius 3 is 2.47 bits per heavy atom. The van der Waals surface area contributed by atoms with Crippen LogP contribution in [0.2, 0.25) is 0 Å². The van der Waals surface area contributed by atoms with Gasteiger partial charge in [0.15, 0.2) is 0 Å². The first-order valence-corrected chi connectivity index (χ1v) is 7.60. The molecule has 0 aromatic rings. The third-order valence-corrected chi connectivity index (χ3v) is 5.14. The maximum Gasteiger partial charge on any atom is 0.0609 e. The zero-order valence-corrected chi connectivity index (χ0v) is 11.9. The maximum atomic E-state index is 5.90. The normalized spacial score (nSPS) is 36.2. The van der Waals surface area contributed by atoms with E-state index in [1.165, 1.54) is 51.6 Å². The summed E-state index contributed by atoms with van der Waals surface area (Å²) in [6.07, 6.45) is 9.04. The van der Waals surface area contributed by atoms with Crippen LogP contribution in [0.3, 0.4) is 0 Å². The average molecular weight is 239 g/mol. The molecule has 2 nitrogen and oxygen atoms in total. The van der Waals surface area contributed by atoms with E-state index in [1.807, 2.05) is 13.8 Å². The highest BCUT2D eigenvalue weighted by atomic mass is 16.5. The second-order valence-electron chi connectivity index (χ2n) is 5.86. The third kappa shape index (κ3) is 2.53. The summed E-state index contributed by atoms with van der Waals surface area (Å²) in [7, 11) is 2.26. The van der Waals surface area contributed by atoms with Crippen LogP contribution in [0.1, 0.15) is 52.4 Å². The van der Waals surface area contributed by atoms with Crippen LogP contribution >= 0.6 is 0 Å². The Labute approximate surface area is 107 Å². The van der Waals surface area contributed by atoms with E-state index in [0.29, 0.717) is 11.5 Å². The molecule has 2 heterocycles. The first-order valence-electron chi connectivity index (χ1n) is 7.60. The average Bonchev–Trinajstić information content (AvgIpc) is 2.86. The number of fused-ring (bicyclic) bond motifs is 2. The molecule has 3 rings (SSSR count). The molecular weight excluding hydrogens is 210 g/mol. The Bertz CT molecular complexity index is 233. The minimum Gasteiger partial charge on any atom is -0.378 e. The van der Waals surface area contributed by atoms with E-state index in [4.69, 9.17) is 4.74 Å². The van der Waals surface area contributed by atoms with E-state index in [9.17, 15) is 0 Å². The highest BCUT2D eigenvalue weighted by Gasteiger charge is 2.48. The third-order valence-electron chi connectivity index (χ3n) is 5.14. The number of hydrogen-bond acceptors (Lipinski definition) is 2. The van der Waals surface area contributed by atoms with Gasteiger partial charge in [-0.15, -0.1) is 0 Å². The molecule has 0 amide bonds. The van der Waals surface area contributed by atoms with Crippen LogP contribution in [0.4, 0.5) is 0 Å². The first-order chi connectivity index (χ1) is 8.30. The minimum atomic E-state index is 0.627. The highest BCUT2D eigenvalue weighted by molar-refractivity contribution is 4.99. The fraction of sp³-hybridized carbons (Fsp3) is 1.00. The second kappa shape index (κ2) is 5.71. The maximum absolute atomic E-state index is 5.90. The van der Waals surface area contributed by atoms with Crippen molar-refractivity contribution in [2.24, 2.45) is 11.3 Å². The second-order valence-corrected chi connectivity index (χ2v) is 5.86. The molecule has 100 valence electrons. The summed E-state index contributed by atoms with van der Waals surface area (Å²) in [4.78, 5) is 2.49. The van der Waals surface area contributed by atoms with Gasteiger partial charge in [0.25, 0.3) is 0 Å². The van der Waals surface area contributed by atoms with Crippen LogP contribution in [0, 0.1) is 11.3 Å². The molecule has 0 aromatic heterocycles. The Hall–Kier alpha value is -0.0800. The van der Waals surface area contributed by atoms with Crippen LogP contribution in [0.25, 0.3) is 0 Å². The van der Waals surface area contributed by atoms with Crippen molar-refractivity contribution in [3.63, 3.8) is 0 Å². The van der Waals surface area contributed by atoms with E-state index < -0.39 is 0 Å². The molecule has 0 radical (unpaired) electrons. The zero-order valence-electron chi connectivity index (χ0n) is 11.9. The predicted molar refractivity (Wildman–Crippen MR) is 72.2 cm³/mol. The zero-order chi connectivity index (χ0) is 12.3. The van der Waals surface area contributed by atoms with E-state index in [0.717, 1.165) is 12.5 Å². The SMILES string of the molecule is CC.CN1CCC2(CCCC3OCCC32)CC1. The largest absolute Gasteiger partial charge is 0.378 e. The van der Waals surface area contributed by atoms with Gasteiger partial charge in [-0.3, -0.25) is 0 Å². The Balaban J connectivity index is 0.000000514. The van der Waals surface area contributed by atoms with Gasteiger partial charge < -0.3 is 9.64 Å². The van der Waals surface area contributed by atoms with Crippen LogP contribution in [0.5, 0.6) is 0 Å². The Morgan fingerprint density at radius 1 is 1.06 bits per heavy atom. The molecule has 2 aliphatic heterocycles. The van der Waals surface area contributed by atoms with Crippen molar-refractivity contribution < 1.29 is 4.74 Å². The summed E-state index contributed by atoms with van der Waals surface area (Å²) in [5.41, 5.74) is 0.673. The summed E-state index contributed by atoms with van der Waals surface area (Å²) >= 11 is 0. The van der Waals surface area contributed by atoms with Crippen molar-refractivity contribution in [3.8, 4) is 0 Å². The quantitative estimate of drug-likeness (QED) is 0.643. The van der Waals surface area contributed by atoms with Gasteiger partial charge in [0.1, 0.15) is 0 Å². The highest BCUT2D eigenvalue weighted by Crippen LogP contribution is 2.52. The van der Waals surface area contributed by atoms with Gasteiger partial charge in [-0.25, -0.2) is 0 Å². The van der Waals surface area contributed by atoms with Gasteiger partial charge in [0, 0.05) is 6.61 Å². The van der Waals surface area contributed by atoms with Crippen molar-refractivity contribution in [3.05, 3.63) is 0 Å². The van der Waals surface area contributed by atoms with E-state index >= 15 is 0 Å². The monoisotopic (exact) mass is 239 g/mol. The summed E-state index contributed by atoms with van der Waals surface area (Å²) < 4.78 is 5.90. The summed E-state index contributed by atoms with van der Waals surface area (Å²) in [5.74, 6) is 0.903. The van der Waals surface area contributed by atoms with Crippen LogP contribution in [-0.2, 0) is 4.74 Å². The number of hydrogen-bond donors (Lipinski definition) is 0. The van der Waals surface area contributed by atoms with Crippen LogP contribution in [0.15, 0.2) is 0 Å². The van der Waals surface area contributed by atoms with Crippen molar-refractivity contribution >= 4 is 0 Å². The van der Waals surface area contributed by atoms with Crippen molar-refractivity contribution in [1.29, 1.82) is 0 Å². The molecule has 2 atom stereocenters.